The molecule has 27 heavy (non-hydrogen) atoms. The molecule has 0 bridgehead atoms. The Bertz CT molecular complexity index is 797. The summed E-state index contributed by atoms with van der Waals surface area (Å²) in [7, 11) is 0. The molecule has 3 rings (SSSR count). The van der Waals surface area contributed by atoms with Crippen molar-refractivity contribution in [3.05, 3.63) is 47.2 Å². The Balaban J connectivity index is 1.57. The van der Waals surface area contributed by atoms with Crippen LogP contribution in [0.25, 0.3) is 0 Å². The molecule has 1 aromatic heterocycles. The summed E-state index contributed by atoms with van der Waals surface area (Å²) in [5.74, 6) is 0. The van der Waals surface area contributed by atoms with E-state index in [1.54, 1.807) is 18.5 Å². The highest BCUT2D eigenvalue weighted by Crippen LogP contribution is 2.34. The zero-order chi connectivity index (χ0) is 19.4. The lowest BCUT2D eigenvalue weighted by atomic mass is 10.1. The first kappa shape index (κ1) is 19.2. The fourth-order valence-electron chi connectivity index (χ4n) is 2.66. The van der Waals surface area contributed by atoms with Gasteiger partial charge in [0, 0.05) is 38.3 Å². The summed E-state index contributed by atoms with van der Waals surface area (Å²) in [4.78, 5) is 21.8. The minimum Gasteiger partial charge on any atom is -0.460 e. The van der Waals surface area contributed by atoms with Crippen molar-refractivity contribution in [1.29, 1.82) is 0 Å². The number of alkyl halides is 3. The third-order valence-corrected chi connectivity index (χ3v) is 4.41. The van der Waals surface area contributed by atoms with Gasteiger partial charge in [-0.2, -0.15) is 13.2 Å². The van der Waals surface area contributed by atoms with Crippen LogP contribution < -0.4 is 10.1 Å². The number of hydrogen-bond acceptors (Lipinski definition) is 4. The molecule has 1 fully saturated rings. The molecular formula is C17H16ClF3N4O2. The van der Waals surface area contributed by atoms with Crippen LogP contribution in [0.15, 0.2) is 36.7 Å². The summed E-state index contributed by atoms with van der Waals surface area (Å²) >= 11 is 5.91. The van der Waals surface area contributed by atoms with E-state index in [4.69, 9.17) is 16.3 Å². The number of carbonyl (C=O) groups is 1. The van der Waals surface area contributed by atoms with E-state index in [-0.39, 0.29) is 22.8 Å². The fourth-order valence-corrected chi connectivity index (χ4v) is 2.83. The van der Waals surface area contributed by atoms with Gasteiger partial charge in [0.05, 0.1) is 16.3 Å². The predicted molar refractivity (Wildman–Crippen MR) is 92.7 cm³/mol. The van der Waals surface area contributed by atoms with Crippen molar-refractivity contribution in [3.8, 4) is 6.01 Å². The maximum atomic E-state index is 12.8. The van der Waals surface area contributed by atoms with Crippen LogP contribution in [0.4, 0.5) is 23.7 Å². The molecule has 0 radical (unpaired) electrons. The van der Waals surface area contributed by atoms with Crippen LogP contribution in [0, 0.1) is 0 Å². The molecule has 144 valence electrons. The van der Waals surface area contributed by atoms with Gasteiger partial charge in [-0.1, -0.05) is 11.6 Å². The van der Waals surface area contributed by atoms with Crippen molar-refractivity contribution in [3.63, 3.8) is 0 Å². The number of urea groups is 1. The molecule has 2 heterocycles. The summed E-state index contributed by atoms with van der Waals surface area (Å²) in [5, 5.41) is 2.48. The van der Waals surface area contributed by atoms with Gasteiger partial charge >= 0.3 is 18.2 Å². The van der Waals surface area contributed by atoms with Crippen molar-refractivity contribution in [2.75, 3.05) is 18.4 Å². The molecule has 1 aliphatic rings. The molecule has 0 unspecified atom stereocenters. The van der Waals surface area contributed by atoms with Crippen LogP contribution >= 0.6 is 11.6 Å². The molecule has 10 heteroatoms. The molecule has 1 aliphatic heterocycles. The molecule has 0 spiro atoms. The van der Waals surface area contributed by atoms with Gasteiger partial charge < -0.3 is 15.0 Å². The number of piperidine rings is 1. The zero-order valence-corrected chi connectivity index (χ0v) is 14.8. The summed E-state index contributed by atoms with van der Waals surface area (Å²) in [6.45, 7) is 0.778. The van der Waals surface area contributed by atoms with E-state index >= 15 is 0 Å². The van der Waals surface area contributed by atoms with Crippen molar-refractivity contribution in [2.24, 2.45) is 0 Å². The Morgan fingerprint density at radius 3 is 2.52 bits per heavy atom. The van der Waals surface area contributed by atoms with Crippen molar-refractivity contribution in [1.82, 2.24) is 14.9 Å². The van der Waals surface area contributed by atoms with Crippen molar-refractivity contribution in [2.45, 2.75) is 25.1 Å². The maximum Gasteiger partial charge on any atom is 0.416 e. The number of aromatic nitrogens is 2. The molecule has 0 saturated carbocycles. The number of anilines is 1. The third-order valence-electron chi connectivity index (χ3n) is 4.08. The zero-order valence-electron chi connectivity index (χ0n) is 14.0. The molecule has 2 amide bonds. The van der Waals surface area contributed by atoms with Gasteiger partial charge in [0.25, 0.3) is 0 Å². The molecule has 0 aliphatic carbocycles. The molecule has 1 N–H and O–H groups in total. The lowest BCUT2D eigenvalue weighted by molar-refractivity contribution is -0.137. The van der Waals surface area contributed by atoms with Crippen molar-refractivity contribution >= 4 is 23.3 Å². The lowest BCUT2D eigenvalue weighted by Crippen LogP contribution is -2.43. The van der Waals surface area contributed by atoms with Crippen LogP contribution in [0.5, 0.6) is 6.01 Å². The van der Waals surface area contributed by atoms with Crippen molar-refractivity contribution < 1.29 is 22.7 Å². The lowest BCUT2D eigenvalue weighted by Gasteiger charge is -2.31. The van der Waals surface area contributed by atoms with E-state index in [0.717, 1.165) is 18.2 Å². The number of carbonyl (C=O) groups excluding carboxylic acids is 1. The second-order valence-corrected chi connectivity index (χ2v) is 6.37. The average Bonchev–Trinajstić information content (AvgIpc) is 2.64. The van der Waals surface area contributed by atoms with Crippen LogP contribution in [0.3, 0.4) is 0 Å². The van der Waals surface area contributed by atoms with E-state index in [0.29, 0.717) is 25.9 Å². The molecule has 2 aromatic rings. The number of nitrogens with one attached hydrogen (secondary N) is 1. The number of halogens is 4. The van der Waals surface area contributed by atoms with Gasteiger partial charge in [-0.05, 0) is 24.3 Å². The summed E-state index contributed by atoms with van der Waals surface area (Å²) < 4.78 is 44.1. The summed E-state index contributed by atoms with van der Waals surface area (Å²) in [6.07, 6.45) is -0.384. The van der Waals surface area contributed by atoms with Crippen LogP contribution in [0.1, 0.15) is 18.4 Å². The molecule has 6 nitrogen and oxygen atoms in total. The van der Waals surface area contributed by atoms with E-state index in [1.807, 2.05) is 0 Å². The molecule has 1 aromatic carbocycles. The Labute approximate surface area is 158 Å². The summed E-state index contributed by atoms with van der Waals surface area (Å²) in [6, 6.07) is 4.25. The number of benzene rings is 1. The van der Waals surface area contributed by atoms with E-state index in [1.165, 1.54) is 4.90 Å². The SMILES string of the molecule is O=C(Nc1cc(C(F)(F)F)ccc1Cl)N1CCC(Oc2ncccn2)CC1. The Hall–Kier alpha value is -2.55. The van der Waals surface area contributed by atoms with Gasteiger partial charge in [-0.15, -0.1) is 0 Å². The van der Waals surface area contributed by atoms with E-state index in [9.17, 15) is 18.0 Å². The highest BCUT2D eigenvalue weighted by molar-refractivity contribution is 6.33. The predicted octanol–water partition coefficient (Wildman–Crippen LogP) is 4.22. The summed E-state index contributed by atoms with van der Waals surface area (Å²) in [5.41, 5.74) is -0.954. The van der Waals surface area contributed by atoms with Crippen LogP contribution in [-0.4, -0.2) is 40.1 Å². The van der Waals surface area contributed by atoms with E-state index in [2.05, 4.69) is 15.3 Å². The number of nitrogens with zero attached hydrogens (tertiary/aromatic N) is 3. The maximum absolute atomic E-state index is 12.8. The first-order chi connectivity index (χ1) is 12.8. The van der Waals surface area contributed by atoms with Gasteiger partial charge in [0.2, 0.25) is 0 Å². The molecule has 1 saturated heterocycles. The number of likely N-dealkylation sites (tertiary alicyclic amines) is 1. The first-order valence-corrected chi connectivity index (χ1v) is 8.57. The highest BCUT2D eigenvalue weighted by Gasteiger charge is 2.31. The Morgan fingerprint density at radius 1 is 1.22 bits per heavy atom. The second-order valence-electron chi connectivity index (χ2n) is 5.96. The topological polar surface area (TPSA) is 67.4 Å². The minimum absolute atomic E-state index is 0.0378. The number of rotatable bonds is 3. The highest BCUT2D eigenvalue weighted by atomic mass is 35.5. The third kappa shape index (κ3) is 5.00. The minimum atomic E-state index is -4.51. The van der Waals surface area contributed by atoms with Crippen LogP contribution in [0.2, 0.25) is 5.02 Å². The van der Waals surface area contributed by atoms with Crippen LogP contribution in [-0.2, 0) is 6.18 Å². The smallest absolute Gasteiger partial charge is 0.416 e. The second kappa shape index (κ2) is 7.99. The Morgan fingerprint density at radius 2 is 1.89 bits per heavy atom. The van der Waals surface area contributed by atoms with Gasteiger partial charge in [-0.3, -0.25) is 0 Å². The molecule has 0 atom stereocenters. The largest absolute Gasteiger partial charge is 0.460 e. The molecular weight excluding hydrogens is 385 g/mol. The van der Waals surface area contributed by atoms with Gasteiger partial charge in [0.15, 0.2) is 0 Å². The Kier molecular flexibility index (Phi) is 5.69. The normalized spacial score (nSPS) is 15.5. The number of amides is 2. The number of hydrogen-bond donors (Lipinski definition) is 1. The fraction of sp³-hybridized carbons (Fsp3) is 0.353. The van der Waals surface area contributed by atoms with E-state index < -0.39 is 17.8 Å². The standard InChI is InChI=1S/C17H16ClF3N4O2/c18-13-3-2-11(17(19,20)21)10-14(13)24-16(26)25-8-4-12(5-9-25)27-15-22-6-1-7-23-15/h1-3,6-7,10,12H,4-5,8-9H2,(H,24,26). The monoisotopic (exact) mass is 400 g/mol. The van der Waals surface area contributed by atoms with Gasteiger partial charge in [-0.25, -0.2) is 14.8 Å². The average molecular weight is 401 g/mol. The number of ether oxygens (including phenoxy) is 1. The quantitative estimate of drug-likeness (QED) is 0.837. The first-order valence-electron chi connectivity index (χ1n) is 8.19. The van der Waals surface area contributed by atoms with Gasteiger partial charge in [0.1, 0.15) is 6.10 Å².